The maximum atomic E-state index is 12.4. The molecule has 0 radical (unpaired) electrons. The molecule has 0 unspecified atom stereocenters. The first-order valence-electron chi connectivity index (χ1n) is 7.22. The third kappa shape index (κ3) is 2.90. The molecule has 0 spiro atoms. The highest BCUT2D eigenvalue weighted by Gasteiger charge is 2.14. The molecular weight excluding hydrogens is 326 g/mol. The predicted octanol–water partition coefficient (Wildman–Crippen LogP) is 5.21. The Hall–Kier alpha value is -2.11. The molecule has 0 atom stereocenters. The largest absolute Gasteiger partial charge is 0.464 e. The molecule has 0 amide bonds. The third-order valence-electron chi connectivity index (χ3n) is 3.62. The summed E-state index contributed by atoms with van der Waals surface area (Å²) in [7, 11) is 0. The molecule has 2 aromatic carbocycles. The number of carbonyl (C=O) groups excluding carboxylic acids is 1. The van der Waals surface area contributed by atoms with E-state index in [1.54, 1.807) is 17.6 Å². The van der Waals surface area contributed by atoms with Gasteiger partial charge >= 0.3 is 0 Å². The van der Waals surface area contributed by atoms with Gasteiger partial charge in [-0.3, -0.25) is 4.79 Å². The number of rotatable bonds is 3. The van der Waals surface area contributed by atoms with Crippen LogP contribution < -0.4 is 0 Å². The molecule has 0 N–H and O–H groups in total. The number of para-hydroxylation sites is 1. The highest BCUT2D eigenvalue weighted by molar-refractivity contribution is 8.15. The zero-order valence-electron chi connectivity index (χ0n) is 12.4. The lowest BCUT2D eigenvalue weighted by molar-refractivity contribution is -0.110. The number of nitrogens with zero attached hydrogens (tertiary/aromatic N) is 1. The van der Waals surface area contributed by atoms with Gasteiger partial charge in [0.1, 0.15) is 5.58 Å². The van der Waals surface area contributed by atoms with E-state index in [0.29, 0.717) is 6.42 Å². The minimum atomic E-state index is 0.0762. The summed E-state index contributed by atoms with van der Waals surface area (Å²) < 4.78 is 7.45. The fourth-order valence-electron chi connectivity index (χ4n) is 2.51. The Labute approximate surface area is 141 Å². The second-order valence-electron chi connectivity index (χ2n) is 5.36. The lowest BCUT2D eigenvalue weighted by Crippen LogP contribution is -1.96. The molecule has 5 heteroatoms. The predicted molar refractivity (Wildman–Crippen MR) is 95.1 cm³/mol. The van der Waals surface area contributed by atoms with Gasteiger partial charge in [0.2, 0.25) is 0 Å². The molecule has 0 bridgehead atoms. The zero-order valence-corrected chi connectivity index (χ0v) is 14.0. The average Bonchev–Trinajstić information content (AvgIpc) is 3.10. The summed E-state index contributed by atoms with van der Waals surface area (Å²) >= 11 is 2.76. The Morgan fingerprint density at radius 1 is 1.26 bits per heavy atom. The topological polar surface area (TPSA) is 43.1 Å². The molecule has 0 fully saturated rings. The summed E-state index contributed by atoms with van der Waals surface area (Å²) in [5.41, 5.74) is 3.85. The van der Waals surface area contributed by atoms with Crippen LogP contribution in [-0.2, 0) is 11.2 Å². The summed E-state index contributed by atoms with van der Waals surface area (Å²) in [5.74, 6) is 0. The van der Waals surface area contributed by atoms with E-state index in [1.807, 2.05) is 49.4 Å². The molecular formula is C18H13NO2S2. The molecule has 2 heterocycles. The molecule has 4 rings (SSSR count). The molecule has 0 saturated carbocycles. The van der Waals surface area contributed by atoms with Crippen LogP contribution in [0.4, 0.5) is 0 Å². The number of carbonyl (C=O) groups is 1. The molecule has 114 valence electrons. The number of aryl methyl sites for hydroxylation is 1. The average molecular weight is 339 g/mol. The normalized spacial score (nSPS) is 11.3. The second-order valence-corrected chi connectivity index (χ2v) is 7.69. The van der Waals surface area contributed by atoms with Crippen LogP contribution in [0.3, 0.4) is 0 Å². The van der Waals surface area contributed by atoms with Crippen molar-refractivity contribution in [3.63, 3.8) is 0 Å². The molecule has 0 aliphatic rings. The molecule has 4 aromatic rings. The van der Waals surface area contributed by atoms with Gasteiger partial charge in [-0.2, -0.15) is 0 Å². The van der Waals surface area contributed by atoms with E-state index in [2.05, 4.69) is 4.98 Å². The van der Waals surface area contributed by atoms with E-state index in [-0.39, 0.29) is 5.12 Å². The number of furan rings is 1. The molecule has 23 heavy (non-hydrogen) atoms. The maximum absolute atomic E-state index is 12.4. The number of aromatic nitrogens is 1. The summed E-state index contributed by atoms with van der Waals surface area (Å²) in [6, 6.07) is 14.0. The minimum absolute atomic E-state index is 0.0762. The number of benzene rings is 2. The number of hydrogen-bond acceptors (Lipinski definition) is 5. The summed E-state index contributed by atoms with van der Waals surface area (Å²) in [6.07, 6.45) is 2.03. The molecule has 0 aliphatic heterocycles. The smallest absolute Gasteiger partial charge is 0.200 e. The Morgan fingerprint density at radius 3 is 3.00 bits per heavy atom. The van der Waals surface area contributed by atoms with Crippen LogP contribution in [0, 0.1) is 6.92 Å². The number of thioether (sulfide) groups is 1. The molecule has 3 nitrogen and oxygen atoms in total. The van der Waals surface area contributed by atoms with Gasteiger partial charge in [0, 0.05) is 17.4 Å². The van der Waals surface area contributed by atoms with Gasteiger partial charge in [-0.1, -0.05) is 24.3 Å². The first-order chi connectivity index (χ1) is 11.2. The Bertz CT molecular complexity index is 983. The van der Waals surface area contributed by atoms with Gasteiger partial charge in [-0.05, 0) is 42.4 Å². The van der Waals surface area contributed by atoms with Crippen LogP contribution >= 0.6 is 23.1 Å². The SMILES string of the molecule is Cc1ccc2c(CC(=O)Sc3nc4ccccc4s3)coc2c1. The van der Waals surface area contributed by atoms with E-state index in [1.165, 1.54) is 11.8 Å². The number of thiazole rings is 1. The van der Waals surface area contributed by atoms with Crippen molar-refractivity contribution in [2.24, 2.45) is 0 Å². The van der Waals surface area contributed by atoms with Crippen molar-refractivity contribution >= 4 is 49.4 Å². The zero-order chi connectivity index (χ0) is 15.8. The monoisotopic (exact) mass is 339 g/mol. The van der Waals surface area contributed by atoms with Gasteiger partial charge in [0.15, 0.2) is 9.45 Å². The number of hydrogen-bond donors (Lipinski definition) is 0. The first-order valence-corrected chi connectivity index (χ1v) is 8.85. The van der Waals surface area contributed by atoms with E-state index < -0.39 is 0 Å². The third-order valence-corrected chi connectivity index (χ3v) is 5.59. The van der Waals surface area contributed by atoms with Crippen LogP contribution in [-0.4, -0.2) is 10.1 Å². The summed E-state index contributed by atoms with van der Waals surface area (Å²) in [5, 5.41) is 1.08. The van der Waals surface area contributed by atoms with E-state index >= 15 is 0 Å². The quantitative estimate of drug-likeness (QED) is 0.480. The fraction of sp³-hybridized carbons (Fsp3) is 0.111. The van der Waals surface area contributed by atoms with Crippen LogP contribution in [0.5, 0.6) is 0 Å². The standard InChI is InChI=1S/C18H13NO2S2/c1-11-6-7-13-12(10-21-15(13)8-11)9-17(20)23-18-19-14-4-2-3-5-16(14)22-18/h2-8,10H,9H2,1H3. The van der Waals surface area contributed by atoms with Gasteiger partial charge in [-0.15, -0.1) is 11.3 Å². The molecule has 2 aromatic heterocycles. The van der Waals surface area contributed by atoms with Crippen molar-refractivity contribution in [3.8, 4) is 0 Å². The van der Waals surface area contributed by atoms with E-state index in [4.69, 9.17) is 4.42 Å². The van der Waals surface area contributed by atoms with Gasteiger partial charge in [0.05, 0.1) is 16.5 Å². The van der Waals surface area contributed by atoms with Crippen LogP contribution in [0.1, 0.15) is 11.1 Å². The minimum Gasteiger partial charge on any atom is -0.464 e. The second kappa shape index (κ2) is 5.83. The van der Waals surface area contributed by atoms with Crippen molar-refractivity contribution in [3.05, 3.63) is 59.9 Å². The Morgan fingerprint density at radius 2 is 2.13 bits per heavy atom. The Balaban J connectivity index is 1.54. The van der Waals surface area contributed by atoms with Crippen LogP contribution in [0.15, 0.2) is 57.5 Å². The highest BCUT2D eigenvalue weighted by atomic mass is 32.2. The Kier molecular flexibility index (Phi) is 3.67. The maximum Gasteiger partial charge on any atom is 0.200 e. The van der Waals surface area contributed by atoms with Crippen molar-refractivity contribution in [2.45, 2.75) is 17.7 Å². The van der Waals surface area contributed by atoms with E-state index in [0.717, 1.165) is 36.7 Å². The lowest BCUT2D eigenvalue weighted by atomic mass is 10.1. The van der Waals surface area contributed by atoms with Crippen molar-refractivity contribution in [1.29, 1.82) is 0 Å². The molecule has 0 saturated heterocycles. The number of fused-ring (bicyclic) bond motifs is 2. The summed E-state index contributed by atoms with van der Waals surface area (Å²) in [4.78, 5) is 16.8. The molecule has 0 aliphatic carbocycles. The summed E-state index contributed by atoms with van der Waals surface area (Å²) in [6.45, 7) is 2.02. The highest BCUT2D eigenvalue weighted by Crippen LogP contribution is 2.31. The lowest BCUT2D eigenvalue weighted by Gasteiger charge is -1.97. The van der Waals surface area contributed by atoms with Crippen LogP contribution in [0.2, 0.25) is 0 Å². The van der Waals surface area contributed by atoms with Crippen molar-refractivity contribution in [1.82, 2.24) is 4.98 Å². The fourth-order valence-corrected chi connectivity index (χ4v) is 4.49. The first kappa shape index (κ1) is 14.5. The van der Waals surface area contributed by atoms with Gasteiger partial charge < -0.3 is 4.42 Å². The van der Waals surface area contributed by atoms with Crippen molar-refractivity contribution in [2.75, 3.05) is 0 Å². The van der Waals surface area contributed by atoms with Crippen molar-refractivity contribution < 1.29 is 9.21 Å². The van der Waals surface area contributed by atoms with Gasteiger partial charge in [-0.25, -0.2) is 4.98 Å². The van der Waals surface area contributed by atoms with Crippen LogP contribution in [0.25, 0.3) is 21.2 Å². The van der Waals surface area contributed by atoms with Gasteiger partial charge in [0.25, 0.3) is 0 Å². The van der Waals surface area contributed by atoms with E-state index in [9.17, 15) is 4.79 Å².